The third-order valence-electron chi connectivity index (χ3n) is 1.79. The van der Waals surface area contributed by atoms with E-state index < -0.39 is 5.97 Å². The Morgan fingerprint density at radius 2 is 2.33 bits per heavy atom. The van der Waals surface area contributed by atoms with Gasteiger partial charge in [-0.3, -0.25) is 0 Å². The Labute approximate surface area is 92.1 Å². The van der Waals surface area contributed by atoms with Crippen molar-refractivity contribution in [2.45, 2.75) is 19.8 Å². The molecule has 0 atom stereocenters. The van der Waals surface area contributed by atoms with E-state index in [1.165, 1.54) is 11.3 Å². The summed E-state index contributed by atoms with van der Waals surface area (Å²) in [5.41, 5.74) is 0. The van der Waals surface area contributed by atoms with Crippen LogP contribution in [0.25, 0.3) is 0 Å². The van der Waals surface area contributed by atoms with Crippen LogP contribution in [0, 0.1) is 0 Å². The molecule has 0 saturated carbocycles. The number of ether oxygens (including phenoxy) is 1. The highest BCUT2D eigenvalue weighted by Crippen LogP contribution is 2.30. The maximum absolute atomic E-state index is 10.9. The number of thiophene rings is 1. The molecule has 4 nitrogen and oxygen atoms in total. The first-order chi connectivity index (χ1) is 7.19. The summed E-state index contributed by atoms with van der Waals surface area (Å²) in [7, 11) is 0. The largest absolute Gasteiger partial charge is 0.489 e. The molecule has 84 valence electrons. The van der Waals surface area contributed by atoms with Gasteiger partial charge in [-0.25, -0.2) is 4.79 Å². The Balaban J connectivity index is 2.85. The predicted octanol–water partition coefficient (Wildman–Crippen LogP) is 1.77. The van der Waals surface area contributed by atoms with Crippen molar-refractivity contribution in [3.05, 3.63) is 15.8 Å². The second-order valence-corrected chi connectivity index (χ2v) is 4.17. The molecule has 1 aromatic rings. The van der Waals surface area contributed by atoms with Gasteiger partial charge in [-0.05, 0) is 12.5 Å². The van der Waals surface area contributed by atoms with E-state index in [4.69, 9.17) is 14.9 Å². The lowest BCUT2D eigenvalue weighted by Gasteiger charge is -2.01. The van der Waals surface area contributed by atoms with Gasteiger partial charge >= 0.3 is 5.97 Å². The van der Waals surface area contributed by atoms with Crippen molar-refractivity contribution in [2.75, 3.05) is 13.2 Å². The number of hydrogen-bond donors (Lipinski definition) is 2. The van der Waals surface area contributed by atoms with E-state index in [-0.39, 0.29) is 18.1 Å². The summed E-state index contributed by atoms with van der Waals surface area (Å²) in [6.45, 7) is 2.05. The number of hydrogen-bond acceptors (Lipinski definition) is 4. The van der Waals surface area contributed by atoms with Crippen molar-refractivity contribution in [1.82, 2.24) is 0 Å². The Morgan fingerprint density at radius 1 is 1.60 bits per heavy atom. The van der Waals surface area contributed by atoms with Crippen molar-refractivity contribution >= 4 is 17.3 Å². The number of aromatic carboxylic acids is 1. The lowest BCUT2D eigenvalue weighted by Crippen LogP contribution is -2.04. The predicted molar refractivity (Wildman–Crippen MR) is 57.9 cm³/mol. The van der Waals surface area contributed by atoms with E-state index in [9.17, 15) is 4.79 Å². The summed E-state index contributed by atoms with van der Waals surface area (Å²) in [4.78, 5) is 12.1. The maximum atomic E-state index is 10.9. The number of aliphatic hydroxyl groups excluding tert-OH is 1. The van der Waals surface area contributed by atoms with E-state index in [1.807, 2.05) is 6.92 Å². The van der Waals surface area contributed by atoms with Gasteiger partial charge < -0.3 is 14.9 Å². The van der Waals surface area contributed by atoms with E-state index in [0.29, 0.717) is 5.75 Å². The van der Waals surface area contributed by atoms with Crippen LogP contribution >= 0.6 is 11.3 Å². The summed E-state index contributed by atoms with van der Waals surface area (Å²) >= 11 is 1.24. The molecule has 0 fully saturated rings. The van der Waals surface area contributed by atoms with Gasteiger partial charge in [0, 0.05) is 4.88 Å². The van der Waals surface area contributed by atoms with E-state index in [0.717, 1.165) is 17.7 Å². The fourth-order valence-corrected chi connectivity index (χ4v) is 2.24. The number of aliphatic hydroxyl groups is 1. The summed E-state index contributed by atoms with van der Waals surface area (Å²) in [5.74, 6) is -0.611. The molecule has 0 aliphatic rings. The van der Waals surface area contributed by atoms with Crippen LogP contribution in [0.3, 0.4) is 0 Å². The highest BCUT2D eigenvalue weighted by molar-refractivity contribution is 7.14. The van der Waals surface area contributed by atoms with Crippen LogP contribution in [0.15, 0.2) is 6.07 Å². The van der Waals surface area contributed by atoms with Crippen LogP contribution in [0.1, 0.15) is 27.9 Å². The monoisotopic (exact) mass is 230 g/mol. The van der Waals surface area contributed by atoms with Gasteiger partial charge in [0.25, 0.3) is 0 Å². The quantitative estimate of drug-likeness (QED) is 0.781. The molecule has 1 rings (SSSR count). The molecule has 0 aliphatic carbocycles. The molecular weight excluding hydrogens is 216 g/mol. The standard InChI is InChI=1S/C10H14O4S/c1-2-3-7-6-8(14-5-4-11)9(15-7)10(12)13/h6,11H,2-5H2,1H3,(H,12,13). The highest BCUT2D eigenvalue weighted by Gasteiger charge is 2.16. The second-order valence-electron chi connectivity index (χ2n) is 3.03. The van der Waals surface area contributed by atoms with Gasteiger partial charge in [0.1, 0.15) is 12.4 Å². The molecule has 0 spiro atoms. The molecule has 0 radical (unpaired) electrons. The molecule has 0 aliphatic heterocycles. The molecule has 0 aromatic carbocycles. The van der Waals surface area contributed by atoms with Crippen molar-refractivity contribution in [2.24, 2.45) is 0 Å². The number of carboxylic acid groups (broad SMARTS) is 1. The molecule has 2 N–H and O–H groups in total. The van der Waals surface area contributed by atoms with Crippen LogP contribution < -0.4 is 4.74 Å². The average molecular weight is 230 g/mol. The first-order valence-corrected chi connectivity index (χ1v) is 5.60. The molecule has 0 unspecified atom stereocenters. The van der Waals surface area contributed by atoms with Gasteiger partial charge in [-0.1, -0.05) is 13.3 Å². The van der Waals surface area contributed by atoms with Crippen molar-refractivity contribution in [3.8, 4) is 5.75 Å². The van der Waals surface area contributed by atoms with E-state index in [1.54, 1.807) is 6.07 Å². The molecule has 5 heteroatoms. The van der Waals surface area contributed by atoms with Gasteiger partial charge in [0.15, 0.2) is 4.88 Å². The van der Waals surface area contributed by atoms with Crippen LogP contribution in [0.2, 0.25) is 0 Å². The fraction of sp³-hybridized carbons (Fsp3) is 0.500. The smallest absolute Gasteiger partial charge is 0.349 e. The summed E-state index contributed by atoms with van der Waals surface area (Å²) < 4.78 is 5.15. The second kappa shape index (κ2) is 5.72. The molecule has 0 saturated heterocycles. The lowest BCUT2D eigenvalue weighted by atomic mass is 10.3. The zero-order valence-electron chi connectivity index (χ0n) is 8.52. The molecule has 15 heavy (non-hydrogen) atoms. The van der Waals surface area contributed by atoms with Gasteiger partial charge in [-0.15, -0.1) is 11.3 Å². The Hall–Kier alpha value is -1.07. The average Bonchev–Trinajstić information content (AvgIpc) is 2.59. The molecule has 1 heterocycles. The van der Waals surface area contributed by atoms with Gasteiger partial charge in [-0.2, -0.15) is 0 Å². The van der Waals surface area contributed by atoms with Crippen molar-refractivity contribution in [3.63, 3.8) is 0 Å². The van der Waals surface area contributed by atoms with Crippen molar-refractivity contribution in [1.29, 1.82) is 0 Å². The zero-order valence-corrected chi connectivity index (χ0v) is 9.34. The maximum Gasteiger partial charge on any atom is 0.349 e. The summed E-state index contributed by atoms with van der Waals surface area (Å²) in [5, 5.41) is 17.5. The van der Waals surface area contributed by atoms with Crippen LogP contribution in [0.4, 0.5) is 0 Å². The summed E-state index contributed by atoms with van der Waals surface area (Å²) in [6.07, 6.45) is 1.83. The number of rotatable bonds is 6. The lowest BCUT2D eigenvalue weighted by molar-refractivity contribution is 0.0696. The number of carbonyl (C=O) groups is 1. The Morgan fingerprint density at radius 3 is 2.87 bits per heavy atom. The highest BCUT2D eigenvalue weighted by atomic mass is 32.1. The molecular formula is C10H14O4S. The van der Waals surface area contributed by atoms with Gasteiger partial charge in [0.2, 0.25) is 0 Å². The third-order valence-corrected chi connectivity index (χ3v) is 2.95. The SMILES string of the molecule is CCCc1cc(OCCO)c(C(=O)O)s1. The molecule has 0 bridgehead atoms. The minimum absolute atomic E-state index is 0.113. The minimum Gasteiger partial charge on any atom is -0.489 e. The van der Waals surface area contributed by atoms with E-state index >= 15 is 0 Å². The fourth-order valence-electron chi connectivity index (χ4n) is 1.20. The van der Waals surface area contributed by atoms with Crippen molar-refractivity contribution < 1.29 is 19.7 Å². The number of aryl methyl sites for hydroxylation is 1. The van der Waals surface area contributed by atoms with Crippen LogP contribution in [-0.2, 0) is 6.42 Å². The first kappa shape index (κ1) is 12.0. The van der Waals surface area contributed by atoms with E-state index in [2.05, 4.69) is 0 Å². The Bertz CT molecular complexity index is 332. The normalized spacial score (nSPS) is 10.3. The molecule has 1 aromatic heterocycles. The Kier molecular flexibility index (Phi) is 4.58. The number of carboxylic acids is 1. The van der Waals surface area contributed by atoms with Crippen LogP contribution in [0.5, 0.6) is 5.75 Å². The molecule has 0 amide bonds. The topological polar surface area (TPSA) is 66.8 Å². The first-order valence-electron chi connectivity index (χ1n) is 4.78. The third kappa shape index (κ3) is 3.21. The zero-order chi connectivity index (χ0) is 11.3. The van der Waals surface area contributed by atoms with Gasteiger partial charge in [0.05, 0.1) is 6.61 Å². The van der Waals surface area contributed by atoms with Crippen LogP contribution in [-0.4, -0.2) is 29.4 Å². The summed E-state index contributed by atoms with van der Waals surface area (Å²) in [6, 6.07) is 1.74. The minimum atomic E-state index is -0.977.